The van der Waals surface area contributed by atoms with Crippen LogP contribution in [0.25, 0.3) is 0 Å². The summed E-state index contributed by atoms with van der Waals surface area (Å²) in [5.74, 6) is 3.00. The predicted octanol–water partition coefficient (Wildman–Crippen LogP) is 5.96. The number of ether oxygens (including phenoxy) is 1. The van der Waals surface area contributed by atoms with Crippen LogP contribution in [0.3, 0.4) is 0 Å². The molecule has 4 rings (SSSR count). The highest BCUT2D eigenvalue weighted by Crippen LogP contribution is 2.66. The van der Waals surface area contributed by atoms with Crippen molar-refractivity contribution in [3.63, 3.8) is 0 Å². The van der Waals surface area contributed by atoms with E-state index in [0.29, 0.717) is 22.9 Å². The highest BCUT2D eigenvalue weighted by molar-refractivity contribution is 5.10. The Morgan fingerprint density at radius 1 is 1.04 bits per heavy atom. The molecule has 27 heavy (non-hydrogen) atoms. The fourth-order valence-electron chi connectivity index (χ4n) is 7.65. The van der Waals surface area contributed by atoms with Crippen molar-refractivity contribution in [2.75, 3.05) is 7.11 Å². The van der Waals surface area contributed by atoms with E-state index in [-0.39, 0.29) is 6.10 Å². The normalized spacial score (nSPS) is 47.6. The van der Waals surface area contributed by atoms with Crippen molar-refractivity contribution in [2.24, 2.45) is 34.5 Å². The molecule has 4 aliphatic rings. The van der Waals surface area contributed by atoms with Crippen LogP contribution in [-0.2, 0) is 4.74 Å². The molecule has 0 amide bonds. The monoisotopic (exact) mass is 377 g/mol. The molecule has 8 atom stereocenters. The van der Waals surface area contributed by atoms with Crippen LogP contribution in [0.2, 0.25) is 0 Å². The van der Waals surface area contributed by atoms with Gasteiger partial charge in [-0.1, -0.05) is 34.1 Å². The number of methoxy groups -OCH3 is 1. The first-order chi connectivity index (χ1) is 12.9. The van der Waals surface area contributed by atoms with Crippen molar-refractivity contribution in [1.29, 1.82) is 5.26 Å². The van der Waals surface area contributed by atoms with Gasteiger partial charge in [0, 0.05) is 14.0 Å². The SMILES string of the molecule is CC.CC#N.COC1CCC2CCC3C4CCCC4(C)CC(O)C3C2(C)C1. The Morgan fingerprint density at radius 2 is 1.67 bits per heavy atom. The minimum absolute atomic E-state index is 0.0762. The van der Waals surface area contributed by atoms with Gasteiger partial charge in [0.2, 0.25) is 0 Å². The van der Waals surface area contributed by atoms with E-state index in [9.17, 15) is 5.11 Å². The molecular weight excluding hydrogens is 334 g/mol. The minimum atomic E-state index is -0.0762. The Hall–Kier alpha value is -0.590. The maximum atomic E-state index is 11.1. The van der Waals surface area contributed by atoms with E-state index in [1.165, 1.54) is 58.3 Å². The number of aliphatic hydroxyl groups excluding tert-OH is 1. The van der Waals surface area contributed by atoms with Gasteiger partial charge in [0.05, 0.1) is 18.3 Å². The lowest BCUT2D eigenvalue weighted by atomic mass is 9.44. The van der Waals surface area contributed by atoms with Crippen molar-refractivity contribution in [2.45, 2.75) is 105 Å². The van der Waals surface area contributed by atoms with E-state index < -0.39 is 0 Å². The third-order valence-electron chi connectivity index (χ3n) is 8.61. The van der Waals surface area contributed by atoms with Crippen molar-refractivity contribution < 1.29 is 9.84 Å². The van der Waals surface area contributed by atoms with E-state index in [1.54, 1.807) is 6.07 Å². The molecule has 3 nitrogen and oxygen atoms in total. The van der Waals surface area contributed by atoms with Crippen molar-refractivity contribution in [3.05, 3.63) is 0 Å². The number of hydrogen-bond donors (Lipinski definition) is 1. The zero-order chi connectivity index (χ0) is 20.2. The minimum Gasteiger partial charge on any atom is -0.393 e. The quantitative estimate of drug-likeness (QED) is 0.613. The molecule has 0 spiro atoms. The van der Waals surface area contributed by atoms with Crippen molar-refractivity contribution in [1.82, 2.24) is 0 Å². The third-order valence-corrected chi connectivity index (χ3v) is 8.61. The van der Waals surface area contributed by atoms with Gasteiger partial charge in [-0.05, 0) is 85.9 Å². The standard InChI is InChI=1S/C20H34O2.C2H3N.C2H6/c1-19-10-4-5-16(19)15-9-7-13-6-8-14(22-3)11-20(13,2)18(15)17(21)12-19;1-2-3;1-2/h13-18,21H,4-12H2,1-3H3;1H3;1-2H3. The maximum absolute atomic E-state index is 11.1. The van der Waals surface area contributed by atoms with E-state index in [2.05, 4.69) is 13.8 Å². The topological polar surface area (TPSA) is 53.2 Å². The average molecular weight is 378 g/mol. The Bertz CT molecular complexity index is 515. The third kappa shape index (κ3) is 4.08. The van der Waals surface area contributed by atoms with E-state index in [1.807, 2.05) is 21.0 Å². The highest BCUT2D eigenvalue weighted by atomic mass is 16.5. The largest absolute Gasteiger partial charge is 0.393 e. The van der Waals surface area contributed by atoms with Crippen LogP contribution in [0.15, 0.2) is 0 Å². The van der Waals surface area contributed by atoms with Gasteiger partial charge in [-0.2, -0.15) is 5.26 Å². The lowest BCUT2D eigenvalue weighted by Gasteiger charge is -2.62. The summed E-state index contributed by atoms with van der Waals surface area (Å²) in [6.45, 7) is 10.4. The average Bonchev–Trinajstić information content (AvgIpc) is 3.03. The fourth-order valence-corrected chi connectivity index (χ4v) is 7.65. The van der Waals surface area contributed by atoms with E-state index >= 15 is 0 Å². The van der Waals surface area contributed by atoms with Gasteiger partial charge in [0.15, 0.2) is 0 Å². The summed E-state index contributed by atoms with van der Waals surface area (Å²) >= 11 is 0. The lowest BCUT2D eigenvalue weighted by molar-refractivity contribution is -0.177. The molecule has 0 heterocycles. The van der Waals surface area contributed by atoms with Crippen LogP contribution >= 0.6 is 0 Å². The molecular formula is C24H43NO2. The second kappa shape index (κ2) is 9.27. The maximum Gasteiger partial charge on any atom is 0.0587 e. The molecule has 0 aromatic heterocycles. The van der Waals surface area contributed by atoms with E-state index in [4.69, 9.17) is 10.00 Å². The van der Waals surface area contributed by atoms with Gasteiger partial charge in [-0.15, -0.1) is 0 Å². The molecule has 0 aromatic rings. The van der Waals surface area contributed by atoms with E-state index in [0.717, 1.165) is 24.2 Å². The number of aliphatic hydroxyl groups is 1. The molecule has 3 heteroatoms. The summed E-state index contributed by atoms with van der Waals surface area (Å²) in [5.41, 5.74) is 0.740. The molecule has 8 unspecified atom stereocenters. The second-order valence-corrected chi connectivity index (χ2v) is 9.76. The molecule has 1 N–H and O–H groups in total. The second-order valence-electron chi connectivity index (χ2n) is 9.76. The zero-order valence-electron chi connectivity index (χ0n) is 18.6. The van der Waals surface area contributed by atoms with Crippen molar-refractivity contribution >= 4 is 0 Å². The first-order valence-electron chi connectivity index (χ1n) is 11.4. The summed E-state index contributed by atoms with van der Waals surface area (Å²) in [4.78, 5) is 0. The smallest absolute Gasteiger partial charge is 0.0587 e. The van der Waals surface area contributed by atoms with Crippen LogP contribution < -0.4 is 0 Å². The Morgan fingerprint density at radius 3 is 2.30 bits per heavy atom. The first kappa shape index (κ1) is 22.7. The first-order valence-corrected chi connectivity index (χ1v) is 11.4. The number of rotatable bonds is 1. The van der Waals surface area contributed by atoms with Gasteiger partial charge in [-0.3, -0.25) is 0 Å². The summed E-state index contributed by atoms with van der Waals surface area (Å²) in [6, 6.07) is 1.75. The van der Waals surface area contributed by atoms with Crippen LogP contribution in [0.5, 0.6) is 0 Å². The van der Waals surface area contributed by atoms with Crippen LogP contribution in [0, 0.1) is 45.8 Å². The van der Waals surface area contributed by atoms with Crippen LogP contribution in [-0.4, -0.2) is 24.4 Å². The molecule has 0 bridgehead atoms. The molecule has 0 aliphatic heterocycles. The number of hydrogen-bond acceptors (Lipinski definition) is 3. The molecule has 4 fully saturated rings. The Labute approximate surface area is 167 Å². The summed E-state index contributed by atoms with van der Waals surface area (Å²) in [5, 5.41) is 18.5. The van der Waals surface area contributed by atoms with Gasteiger partial charge < -0.3 is 9.84 Å². The molecule has 4 aliphatic carbocycles. The van der Waals surface area contributed by atoms with Gasteiger partial charge in [-0.25, -0.2) is 0 Å². The zero-order valence-corrected chi connectivity index (χ0v) is 18.6. The highest BCUT2D eigenvalue weighted by Gasteiger charge is 2.61. The Kier molecular flexibility index (Phi) is 7.79. The van der Waals surface area contributed by atoms with Crippen LogP contribution in [0.1, 0.15) is 92.4 Å². The molecule has 156 valence electrons. The molecule has 0 aromatic carbocycles. The van der Waals surface area contributed by atoms with Gasteiger partial charge >= 0.3 is 0 Å². The summed E-state index contributed by atoms with van der Waals surface area (Å²) in [6.07, 6.45) is 12.0. The van der Waals surface area contributed by atoms with Crippen molar-refractivity contribution in [3.8, 4) is 6.07 Å². The van der Waals surface area contributed by atoms with Gasteiger partial charge in [0.1, 0.15) is 0 Å². The van der Waals surface area contributed by atoms with Gasteiger partial charge in [0.25, 0.3) is 0 Å². The molecule has 0 saturated heterocycles. The predicted molar refractivity (Wildman–Crippen MR) is 111 cm³/mol. The fraction of sp³-hybridized carbons (Fsp3) is 0.958. The number of nitrogens with zero attached hydrogens (tertiary/aromatic N) is 1. The lowest BCUT2D eigenvalue weighted by Crippen LogP contribution is -2.58. The molecule has 4 saturated carbocycles. The Balaban J connectivity index is 0.000000478. The van der Waals surface area contributed by atoms with Crippen LogP contribution in [0.4, 0.5) is 0 Å². The number of fused-ring (bicyclic) bond motifs is 5. The summed E-state index contributed by atoms with van der Waals surface area (Å²) < 4.78 is 5.75. The number of nitriles is 1. The summed E-state index contributed by atoms with van der Waals surface area (Å²) in [7, 11) is 1.87. The molecule has 0 radical (unpaired) electrons.